The average molecular weight is 292 g/mol. The molecule has 0 aliphatic carbocycles. The minimum atomic E-state index is -0.0562. The average Bonchev–Trinajstić information content (AvgIpc) is 2.43. The summed E-state index contributed by atoms with van der Waals surface area (Å²) in [6, 6.07) is 13.1. The van der Waals surface area contributed by atoms with Crippen LogP contribution in [0, 0.1) is 0 Å². The van der Waals surface area contributed by atoms with Crippen molar-refractivity contribution in [2.24, 2.45) is 5.73 Å². The summed E-state index contributed by atoms with van der Waals surface area (Å²) in [4.78, 5) is 0. The Morgan fingerprint density at radius 2 is 1.90 bits per heavy atom. The van der Waals surface area contributed by atoms with Crippen LogP contribution in [0.5, 0.6) is 11.5 Å². The molecule has 2 rings (SSSR count). The van der Waals surface area contributed by atoms with Crippen molar-refractivity contribution in [1.29, 1.82) is 0 Å². The monoisotopic (exact) mass is 291 g/mol. The summed E-state index contributed by atoms with van der Waals surface area (Å²) in [6.07, 6.45) is 0.643. The molecule has 0 spiro atoms. The van der Waals surface area contributed by atoms with E-state index in [9.17, 15) is 0 Å². The smallest absolute Gasteiger partial charge is 0.146 e. The lowest BCUT2D eigenvalue weighted by molar-refractivity contribution is 0.299. The van der Waals surface area contributed by atoms with E-state index in [0.717, 1.165) is 11.1 Å². The number of aliphatic hydroxyl groups excluding tert-OH is 1. The summed E-state index contributed by atoms with van der Waals surface area (Å²) in [6.45, 7) is 2.05. The lowest BCUT2D eigenvalue weighted by atomic mass is 10.1. The van der Waals surface area contributed by atoms with E-state index in [0.29, 0.717) is 22.9 Å². The topological polar surface area (TPSA) is 55.5 Å². The van der Waals surface area contributed by atoms with Crippen molar-refractivity contribution in [2.45, 2.75) is 19.4 Å². The number of aliphatic hydroxyl groups is 1. The molecule has 20 heavy (non-hydrogen) atoms. The molecule has 3 nitrogen and oxygen atoms in total. The second-order valence-electron chi connectivity index (χ2n) is 4.70. The van der Waals surface area contributed by atoms with Gasteiger partial charge in [0.2, 0.25) is 0 Å². The molecule has 0 amide bonds. The van der Waals surface area contributed by atoms with Crippen LogP contribution < -0.4 is 10.5 Å². The van der Waals surface area contributed by atoms with E-state index in [-0.39, 0.29) is 12.6 Å². The summed E-state index contributed by atoms with van der Waals surface area (Å²) in [5, 5.41) is 9.41. The predicted octanol–water partition coefficient (Wildman–Crippen LogP) is 3.69. The molecule has 0 saturated carbocycles. The Bertz CT molecular complexity index is 567. The van der Waals surface area contributed by atoms with Gasteiger partial charge in [0.1, 0.15) is 11.5 Å². The first-order valence-electron chi connectivity index (χ1n) is 6.53. The van der Waals surface area contributed by atoms with Crippen LogP contribution in [0.2, 0.25) is 5.02 Å². The molecule has 0 aromatic heterocycles. The second kappa shape index (κ2) is 6.75. The first-order valence-corrected chi connectivity index (χ1v) is 6.90. The lowest BCUT2D eigenvalue weighted by Crippen LogP contribution is -2.04. The molecule has 3 N–H and O–H groups in total. The lowest BCUT2D eigenvalue weighted by Gasteiger charge is -2.11. The van der Waals surface area contributed by atoms with Crippen LogP contribution in [0.25, 0.3) is 0 Å². The van der Waals surface area contributed by atoms with Crippen molar-refractivity contribution in [3.63, 3.8) is 0 Å². The minimum absolute atomic E-state index is 0.0562. The molecule has 0 aliphatic rings. The van der Waals surface area contributed by atoms with Gasteiger partial charge in [0, 0.05) is 12.6 Å². The molecular formula is C16H18ClNO2. The first-order chi connectivity index (χ1) is 9.60. The fourth-order valence-corrected chi connectivity index (χ4v) is 2.09. The summed E-state index contributed by atoms with van der Waals surface area (Å²) in [7, 11) is 0. The highest BCUT2D eigenvalue weighted by atomic mass is 35.5. The first kappa shape index (κ1) is 14.9. The van der Waals surface area contributed by atoms with Crippen molar-refractivity contribution in [1.82, 2.24) is 0 Å². The summed E-state index contributed by atoms with van der Waals surface area (Å²) < 4.78 is 5.74. The van der Waals surface area contributed by atoms with Crippen molar-refractivity contribution in [3.05, 3.63) is 58.6 Å². The highest BCUT2D eigenvalue weighted by molar-refractivity contribution is 6.32. The third-order valence-corrected chi connectivity index (χ3v) is 3.33. The van der Waals surface area contributed by atoms with E-state index in [4.69, 9.17) is 27.2 Å². The number of rotatable bonds is 5. The van der Waals surface area contributed by atoms with Gasteiger partial charge in [-0.15, -0.1) is 0 Å². The third kappa shape index (κ3) is 3.73. The van der Waals surface area contributed by atoms with E-state index < -0.39 is 0 Å². The predicted molar refractivity (Wildman–Crippen MR) is 81.4 cm³/mol. The molecule has 2 aromatic rings. The van der Waals surface area contributed by atoms with Gasteiger partial charge in [0.15, 0.2) is 0 Å². The highest BCUT2D eigenvalue weighted by Gasteiger charge is 2.07. The Labute approximate surface area is 123 Å². The fourth-order valence-electron chi connectivity index (χ4n) is 1.86. The van der Waals surface area contributed by atoms with Crippen molar-refractivity contribution < 1.29 is 9.84 Å². The Morgan fingerprint density at radius 3 is 2.45 bits per heavy atom. The van der Waals surface area contributed by atoms with Crippen LogP contribution in [-0.2, 0) is 6.42 Å². The molecule has 2 aromatic carbocycles. The molecule has 1 atom stereocenters. The zero-order valence-corrected chi connectivity index (χ0v) is 12.1. The normalized spacial score (nSPS) is 12.2. The maximum atomic E-state index is 8.87. The van der Waals surface area contributed by atoms with E-state index in [1.165, 1.54) is 0 Å². The van der Waals surface area contributed by atoms with Gasteiger partial charge < -0.3 is 15.6 Å². The van der Waals surface area contributed by atoms with Gasteiger partial charge in [-0.3, -0.25) is 0 Å². The maximum absolute atomic E-state index is 8.87. The second-order valence-corrected chi connectivity index (χ2v) is 5.11. The molecule has 4 heteroatoms. The number of benzene rings is 2. The van der Waals surface area contributed by atoms with E-state index in [1.54, 1.807) is 0 Å². The summed E-state index contributed by atoms with van der Waals surface area (Å²) in [5.74, 6) is 1.31. The maximum Gasteiger partial charge on any atom is 0.146 e. The number of hydrogen-bond acceptors (Lipinski definition) is 3. The summed E-state index contributed by atoms with van der Waals surface area (Å²) >= 11 is 6.19. The quantitative estimate of drug-likeness (QED) is 0.883. The van der Waals surface area contributed by atoms with Gasteiger partial charge in [-0.05, 0) is 48.7 Å². The van der Waals surface area contributed by atoms with Gasteiger partial charge in [0.25, 0.3) is 0 Å². The molecule has 0 saturated heterocycles. The standard InChI is InChI=1S/C16H18ClNO2/c1-11(18)13-4-7-16(15(17)10-13)20-14-5-2-12(3-6-14)8-9-19/h2-7,10-11,19H,8-9,18H2,1H3/t11-/m0/s1. The van der Waals surface area contributed by atoms with Crippen LogP contribution in [0.15, 0.2) is 42.5 Å². The molecule has 0 heterocycles. The number of halogens is 1. The summed E-state index contributed by atoms with van der Waals surface area (Å²) in [5.41, 5.74) is 7.85. The largest absolute Gasteiger partial charge is 0.456 e. The number of hydrogen-bond donors (Lipinski definition) is 2. The van der Waals surface area contributed by atoms with E-state index in [2.05, 4.69) is 0 Å². The minimum Gasteiger partial charge on any atom is -0.456 e. The third-order valence-electron chi connectivity index (χ3n) is 3.03. The molecule has 0 aliphatic heterocycles. The zero-order valence-electron chi connectivity index (χ0n) is 11.3. The van der Waals surface area contributed by atoms with Crippen molar-refractivity contribution in [3.8, 4) is 11.5 Å². The molecule has 0 radical (unpaired) electrons. The van der Waals surface area contributed by atoms with Gasteiger partial charge in [-0.1, -0.05) is 29.8 Å². The molecule has 0 unspecified atom stereocenters. The van der Waals surface area contributed by atoms with Crippen molar-refractivity contribution >= 4 is 11.6 Å². The molecule has 0 bridgehead atoms. The van der Waals surface area contributed by atoms with Gasteiger partial charge in [0.05, 0.1) is 5.02 Å². The van der Waals surface area contributed by atoms with E-state index in [1.807, 2.05) is 49.4 Å². The van der Waals surface area contributed by atoms with Crippen LogP contribution in [0.4, 0.5) is 0 Å². The fraction of sp³-hybridized carbons (Fsp3) is 0.250. The Hall–Kier alpha value is -1.55. The Morgan fingerprint density at radius 1 is 1.20 bits per heavy atom. The number of nitrogens with two attached hydrogens (primary N) is 1. The van der Waals surface area contributed by atoms with E-state index >= 15 is 0 Å². The van der Waals surface area contributed by atoms with Crippen LogP contribution in [0.1, 0.15) is 24.1 Å². The SMILES string of the molecule is C[C@H](N)c1ccc(Oc2ccc(CCO)cc2)c(Cl)c1. The zero-order chi connectivity index (χ0) is 14.5. The Balaban J connectivity index is 2.13. The van der Waals surface area contributed by atoms with Crippen LogP contribution in [0.3, 0.4) is 0 Å². The van der Waals surface area contributed by atoms with Gasteiger partial charge >= 0.3 is 0 Å². The highest BCUT2D eigenvalue weighted by Crippen LogP contribution is 2.31. The van der Waals surface area contributed by atoms with Crippen LogP contribution in [-0.4, -0.2) is 11.7 Å². The van der Waals surface area contributed by atoms with Gasteiger partial charge in [-0.2, -0.15) is 0 Å². The van der Waals surface area contributed by atoms with Crippen LogP contribution >= 0.6 is 11.6 Å². The van der Waals surface area contributed by atoms with Crippen molar-refractivity contribution in [2.75, 3.05) is 6.61 Å². The molecular weight excluding hydrogens is 274 g/mol. The van der Waals surface area contributed by atoms with Gasteiger partial charge in [-0.25, -0.2) is 0 Å². The Kier molecular flexibility index (Phi) is 5.01. The number of ether oxygens (including phenoxy) is 1. The molecule has 106 valence electrons. The molecule has 0 fully saturated rings.